The molecule has 0 radical (unpaired) electrons. The third-order valence-electron chi connectivity index (χ3n) is 2.70. The molecule has 0 saturated heterocycles. The second-order valence-corrected chi connectivity index (χ2v) is 5.36. The van der Waals surface area contributed by atoms with Gasteiger partial charge in [-0.3, -0.25) is 14.8 Å². The van der Waals surface area contributed by atoms with Crippen LogP contribution in [0.15, 0.2) is 6.20 Å². The molecule has 0 atom stereocenters. The Balaban J connectivity index is 2.15. The van der Waals surface area contributed by atoms with Crippen LogP contribution in [0.25, 0.3) is 0 Å². The fraction of sp³-hybridized carbons (Fsp3) is 0.636. The Labute approximate surface area is 110 Å². The first-order chi connectivity index (χ1) is 8.78. The molecule has 19 heavy (non-hydrogen) atoms. The number of carbonyl (C=O) groups excluding carboxylic acids is 1. The number of ether oxygens (including phenoxy) is 1. The maximum atomic E-state index is 11.9. The molecular formula is C11H16N4O4. The van der Waals surface area contributed by atoms with Crippen molar-refractivity contribution in [1.82, 2.24) is 14.7 Å². The first kappa shape index (κ1) is 13.3. The van der Waals surface area contributed by atoms with Gasteiger partial charge in [0.05, 0.1) is 18.0 Å². The molecule has 0 aliphatic carbocycles. The van der Waals surface area contributed by atoms with E-state index in [1.165, 1.54) is 11.1 Å². The Hall–Kier alpha value is -2.12. The van der Waals surface area contributed by atoms with E-state index in [-0.39, 0.29) is 12.2 Å². The van der Waals surface area contributed by atoms with Gasteiger partial charge in [-0.25, -0.2) is 4.79 Å². The molecule has 0 spiro atoms. The number of aromatic nitrogens is 2. The van der Waals surface area contributed by atoms with Crippen molar-refractivity contribution in [1.29, 1.82) is 0 Å². The number of hydrogen-bond donors (Lipinski definition) is 0. The molecule has 0 fully saturated rings. The molecule has 1 aliphatic rings. The zero-order valence-electron chi connectivity index (χ0n) is 11.1. The van der Waals surface area contributed by atoms with Gasteiger partial charge in [0.1, 0.15) is 17.5 Å². The molecule has 0 N–H and O–H groups in total. The van der Waals surface area contributed by atoms with Crippen LogP contribution >= 0.6 is 0 Å². The maximum Gasteiger partial charge on any atom is 0.410 e. The topological polar surface area (TPSA) is 90.5 Å². The van der Waals surface area contributed by atoms with E-state index >= 15 is 0 Å². The number of hydrogen-bond acceptors (Lipinski definition) is 5. The van der Waals surface area contributed by atoms with Crippen LogP contribution in [0.4, 0.5) is 10.5 Å². The summed E-state index contributed by atoms with van der Waals surface area (Å²) in [6.07, 6.45) is 0.753. The highest BCUT2D eigenvalue weighted by Gasteiger charge is 2.31. The monoisotopic (exact) mass is 268 g/mol. The van der Waals surface area contributed by atoms with E-state index in [9.17, 15) is 14.9 Å². The van der Waals surface area contributed by atoms with E-state index in [0.717, 1.165) is 0 Å². The van der Waals surface area contributed by atoms with Crippen molar-refractivity contribution in [3.8, 4) is 0 Å². The van der Waals surface area contributed by atoms with Crippen molar-refractivity contribution < 1.29 is 14.5 Å². The van der Waals surface area contributed by atoms with Gasteiger partial charge in [-0.05, 0) is 20.8 Å². The van der Waals surface area contributed by atoms with Crippen molar-refractivity contribution in [3.63, 3.8) is 0 Å². The summed E-state index contributed by atoms with van der Waals surface area (Å²) >= 11 is 0. The van der Waals surface area contributed by atoms with Crippen molar-refractivity contribution in [2.45, 2.75) is 39.5 Å². The van der Waals surface area contributed by atoms with Crippen LogP contribution in [0, 0.1) is 10.1 Å². The Kier molecular flexibility index (Phi) is 3.17. The van der Waals surface area contributed by atoms with Crippen LogP contribution in [0.1, 0.15) is 26.5 Å². The average Bonchev–Trinajstić information content (AvgIpc) is 2.68. The van der Waals surface area contributed by atoms with Crippen LogP contribution in [0.2, 0.25) is 0 Å². The van der Waals surface area contributed by atoms with E-state index in [4.69, 9.17) is 4.74 Å². The molecule has 2 heterocycles. The predicted octanol–water partition coefficient (Wildman–Crippen LogP) is 1.54. The molecule has 0 saturated carbocycles. The minimum absolute atomic E-state index is 0.0618. The molecule has 8 nitrogen and oxygen atoms in total. The van der Waals surface area contributed by atoms with Crippen molar-refractivity contribution in [2.75, 3.05) is 6.54 Å². The fourth-order valence-electron chi connectivity index (χ4n) is 1.87. The summed E-state index contributed by atoms with van der Waals surface area (Å²) in [6, 6.07) is 0. The lowest BCUT2D eigenvalue weighted by molar-refractivity contribution is -0.385. The van der Waals surface area contributed by atoms with Gasteiger partial charge in [-0.1, -0.05) is 0 Å². The molecule has 104 valence electrons. The first-order valence-electron chi connectivity index (χ1n) is 5.95. The van der Waals surface area contributed by atoms with Crippen LogP contribution in [-0.4, -0.2) is 37.8 Å². The Morgan fingerprint density at radius 2 is 2.16 bits per heavy atom. The van der Waals surface area contributed by atoms with Crippen molar-refractivity contribution in [3.05, 3.63) is 22.0 Å². The van der Waals surface area contributed by atoms with Crippen LogP contribution < -0.4 is 0 Å². The minimum atomic E-state index is -0.583. The molecule has 1 aliphatic heterocycles. The summed E-state index contributed by atoms with van der Waals surface area (Å²) in [5, 5.41) is 14.8. The lowest BCUT2D eigenvalue weighted by Crippen LogP contribution is -2.41. The first-order valence-corrected chi connectivity index (χ1v) is 5.95. The van der Waals surface area contributed by atoms with E-state index in [1.807, 2.05) is 0 Å². The Morgan fingerprint density at radius 3 is 2.74 bits per heavy atom. The summed E-state index contributed by atoms with van der Waals surface area (Å²) in [5.74, 6) is 0. The maximum absolute atomic E-state index is 11.9. The van der Waals surface area contributed by atoms with Gasteiger partial charge in [0, 0.05) is 6.54 Å². The third kappa shape index (κ3) is 2.83. The van der Waals surface area contributed by atoms with Crippen molar-refractivity contribution in [2.24, 2.45) is 0 Å². The molecule has 0 aromatic carbocycles. The summed E-state index contributed by atoms with van der Waals surface area (Å²) in [5.41, 5.74) is -0.212. The summed E-state index contributed by atoms with van der Waals surface area (Å²) in [7, 11) is 0. The van der Waals surface area contributed by atoms with E-state index in [0.29, 0.717) is 18.8 Å². The lowest BCUT2D eigenvalue weighted by Gasteiger charge is -2.30. The zero-order chi connectivity index (χ0) is 14.2. The van der Waals surface area contributed by atoms with Gasteiger partial charge < -0.3 is 9.64 Å². The van der Waals surface area contributed by atoms with E-state index in [2.05, 4.69) is 5.10 Å². The Bertz CT molecular complexity index is 517. The number of rotatable bonds is 1. The zero-order valence-corrected chi connectivity index (χ0v) is 11.1. The molecular weight excluding hydrogens is 252 g/mol. The van der Waals surface area contributed by atoms with E-state index in [1.54, 1.807) is 25.5 Å². The standard InChI is InChI=1S/C11H16N4O4/c1-11(2,3)19-10(16)13-4-5-14-9(7-13)8(6-12-14)15(17)18/h6H,4-5,7H2,1-3H3. The molecule has 0 unspecified atom stereocenters. The van der Waals surface area contributed by atoms with Gasteiger partial charge in [0.2, 0.25) is 0 Å². The van der Waals surface area contributed by atoms with Gasteiger partial charge >= 0.3 is 11.8 Å². The van der Waals surface area contributed by atoms with Crippen LogP contribution in [-0.2, 0) is 17.8 Å². The molecule has 1 aromatic heterocycles. The normalized spacial score (nSPS) is 15.0. The third-order valence-corrected chi connectivity index (χ3v) is 2.70. The fourth-order valence-corrected chi connectivity index (χ4v) is 1.87. The second kappa shape index (κ2) is 4.52. The highest BCUT2D eigenvalue weighted by molar-refractivity contribution is 5.68. The largest absolute Gasteiger partial charge is 0.444 e. The second-order valence-electron chi connectivity index (χ2n) is 5.36. The van der Waals surface area contributed by atoms with E-state index < -0.39 is 16.6 Å². The van der Waals surface area contributed by atoms with Gasteiger partial charge in [-0.2, -0.15) is 5.10 Å². The molecule has 0 bridgehead atoms. The molecule has 2 rings (SSSR count). The van der Waals surface area contributed by atoms with Gasteiger partial charge in [0.15, 0.2) is 0 Å². The van der Waals surface area contributed by atoms with Crippen LogP contribution in [0.3, 0.4) is 0 Å². The Morgan fingerprint density at radius 1 is 1.47 bits per heavy atom. The van der Waals surface area contributed by atoms with Gasteiger partial charge in [0.25, 0.3) is 0 Å². The van der Waals surface area contributed by atoms with Gasteiger partial charge in [-0.15, -0.1) is 0 Å². The highest BCUT2D eigenvalue weighted by atomic mass is 16.6. The summed E-state index contributed by atoms with van der Waals surface area (Å²) in [6.45, 7) is 6.35. The molecule has 1 amide bonds. The smallest absolute Gasteiger partial charge is 0.410 e. The average molecular weight is 268 g/mol. The molecule has 1 aromatic rings. The number of nitro groups is 1. The molecule has 8 heteroatoms. The van der Waals surface area contributed by atoms with Crippen LogP contribution in [0.5, 0.6) is 0 Å². The lowest BCUT2D eigenvalue weighted by atomic mass is 10.2. The summed E-state index contributed by atoms with van der Waals surface area (Å²) in [4.78, 5) is 23.8. The van der Waals surface area contributed by atoms with Crippen molar-refractivity contribution >= 4 is 11.8 Å². The minimum Gasteiger partial charge on any atom is -0.444 e. The number of nitrogens with zero attached hydrogens (tertiary/aromatic N) is 4. The highest BCUT2D eigenvalue weighted by Crippen LogP contribution is 2.23. The quantitative estimate of drug-likeness (QED) is 0.569. The number of fused-ring (bicyclic) bond motifs is 1. The SMILES string of the molecule is CC(C)(C)OC(=O)N1CCn2ncc([N+](=O)[O-])c2C1. The summed E-state index contributed by atoms with van der Waals surface area (Å²) < 4.78 is 6.81. The number of carbonyl (C=O) groups is 1. The predicted molar refractivity (Wildman–Crippen MR) is 65.5 cm³/mol. The number of amides is 1.